The molecule has 1 rings (SSSR count). The lowest BCUT2D eigenvalue weighted by atomic mass is 10.1. The van der Waals surface area contributed by atoms with Gasteiger partial charge >= 0.3 is 12.2 Å². The Morgan fingerprint density at radius 2 is 2.00 bits per heavy atom. The molecule has 1 aromatic rings. The quantitative estimate of drug-likeness (QED) is 0.806. The highest BCUT2D eigenvalue weighted by Crippen LogP contribution is 2.40. The number of benzene rings is 1. The standard InChI is InChI=1S/C9H7BrClF3N2O/c1-15-8(17)16-7-5(9(12,13)14)2-4(10)3-6(7)11/h2-3H,1H3,(H2,15,16,17). The molecule has 0 atom stereocenters. The lowest BCUT2D eigenvalue weighted by Crippen LogP contribution is -2.26. The van der Waals surface area contributed by atoms with Gasteiger partial charge in [0.25, 0.3) is 0 Å². The van der Waals surface area contributed by atoms with Crippen molar-refractivity contribution in [2.45, 2.75) is 6.18 Å². The maximum absolute atomic E-state index is 12.7. The molecule has 2 N–H and O–H groups in total. The van der Waals surface area contributed by atoms with E-state index in [9.17, 15) is 18.0 Å². The fraction of sp³-hybridized carbons (Fsp3) is 0.222. The maximum Gasteiger partial charge on any atom is 0.418 e. The molecule has 0 aromatic heterocycles. The van der Waals surface area contributed by atoms with Crippen LogP contribution in [0.4, 0.5) is 23.7 Å². The van der Waals surface area contributed by atoms with Crippen LogP contribution in [0.15, 0.2) is 16.6 Å². The summed E-state index contributed by atoms with van der Waals surface area (Å²) in [5, 5.41) is 3.99. The number of amides is 2. The number of halogens is 5. The SMILES string of the molecule is CNC(=O)Nc1c(Cl)cc(Br)cc1C(F)(F)F. The fourth-order valence-corrected chi connectivity index (χ4v) is 1.96. The van der Waals surface area contributed by atoms with Crippen LogP contribution in [-0.2, 0) is 6.18 Å². The lowest BCUT2D eigenvalue weighted by molar-refractivity contribution is -0.136. The van der Waals surface area contributed by atoms with Crippen LogP contribution in [0.2, 0.25) is 5.02 Å². The summed E-state index contributed by atoms with van der Waals surface area (Å²) < 4.78 is 38.3. The van der Waals surface area contributed by atoms with Crippen molar-refractivity contribution in [2.75, 3.05) is 12.4 Å². The van der Waals surface area contributed by atoms with E-state index in [0.717, 1.165) is 6.07 Å². The third-order valence-corrected chi connectivity index (χ3v) is 2.58. The second-order valence-corrected chi connectivity index (χ2v) is 4.33. The predicted molar refractivity (Wildman–Crippen MR) is 62.2 cm³/mol. The Labute approximate surface area is 108 Å². The largest absolute Gasteiger partial charge is 0.418 e. The average molecular weight is 332 g/mol. The van der Waals surface area contributed by atoms with Crippen LogP contribution < -0.4 is 10.6 Å². The third kappa shape index (κ3) is 3.50. The highest BCUT2D eigenvalue weighted by atomic mass is 79.9. The molecule has 0 spiro atoms. The Kier molecular flexibility index (Phi) is 4.26. The number of anilines is 1. The predicted octanol–water partition coefficient (Wildman–Crippen LogP) is 3.87. The monoisotopic (exact) mass is 330 g/mol. The second kappa shape index (κ2) is 5.14. The van der Waals surface area contributed by atoms with Crippen molar-refractivity contribution in [3.8, 4) is 0 Å². The van der Waals surface area contributed by atoms with Crippen LogP contribution in [0.1, 0.15) is 5.56 Å². The van der Waals surface area contributed by atoms with Gasteiger partial charge in [-0.05, 0) is 12.1 Å². The number of nitrogens with one attached hydrogen (secondary N) is 2. The molecule has 0 unspecified atom stereocenters. The van der Waals surface area contributed by atoms with Crippen LogP contribution in [0.5, 0.6) is 0 Å². The maximum atomic E-state index is 12.7. The Bertz CT molecular complexity index is 451. The van der Waals surface area contributed by atoms with Gasteiger partial charge in [0.1, 0.15) is 0 Å². The minimum atomic E-state index is -4.61. The summed E-state index contributed by atoms with van der Waals surface area (Å²) in [4.78, 5) is 11.0. The van der Waals surface area contributed by atoms with E-state index >= 15 is 0 Å². The fourth-order valence-electron chi connectivity index (χ4n) is 1.10. The Hall–Kier alpha value is -0.950. The van der Waals surface area contributed by atoms with E-state index in [2.05, 4.69) is 21.2 Å². The number of rotatable bonds is 1. The van der Waals surface area contributed by atoms with Crippen LogP contribution in [-0.4, -0.2) is 13.1 Å². The van der Waals surface area contributed by atoms with Crippen molar-refractivity contribution in [1.82, 2.24) is 5.32 Å². The lowest BCUT2D eigenvalue weighted by Gasteiger charge is -2.15. The van der Waals surface area contributed by atoms with Crippen LogP contribution in [0.25, 0.3) is 0 Å². The molecule has 0 aliphatic heterocycles. The molecule has 1 aromatic carbocycles. The molecule has 17 heavy (non-hydrogen) atoms. The first kappa shape index (κ1) is 14.1. The summed E-state index contributed by atoms with van der Waals surface area (Å²) in [7, 11) is 1.29. The zero-order chi connectivity index (χ0) is 13.2. The van der Waals surface area contributed by atoms with Crippen molar-refractivity contribution in [1.29, 1.82) is 0 Å². The van der Waals surface area contributed by atoms with Gasteiger partial charge in [0.05, 0.1) is 16.3 Å². The van der Waals surface area contributed by atoms with Gasteiger partial charge in [-0.15, -0.1) is 0 Å². The van der Waals surface area contributed by atoms with Crippen molar-refractivity contribution in [3.05, 3.63) is 27.2 Å². The molecule has 0 fully saturated rings. The van der Waals surface area contributed by atoms with Gasteiger partial charge in [-0.2, -0.15) is 13.2 Å². The van der Waals surface area contributed by atoms with Gasteiger partial charge in [0, 0.05) is 11.5 Å². The van der Waals surface area contributed by atoms with E-state index in [1.54, 1.807) is 0 Å². The van der Waals surface area contributed by atoms with Crippen molar-refractivity contribution in [2.24, 2.45) is 0 Å². The van der Waals surface area contributed by atoms with Crippen molar-refractivity contribution >= 4 is 39.2 Å². The first-order valence-electron chi connectivity index (χ1n) is 4.30. The summed E-state index contributed by atoms with van der Waals surface area (Å²) in [6, 6.07) is 1.33. The topological polar surface area (TPSA) is 41.1 Å². The Morgan fingerprint density at radius 1 is 1.41 bits per heavy atom. The number of hydrogen-bond acceptors (Lipinski definition) is 1. The molecule has 2 amide bonds. The van der Waals surface area contributed by atoms with Gasteiger partial charge in [-0.1, -0.05) is 27.5 Å². The van der Waals surface area contributed by atoms with E-state index in [1.807, 2.05) is 5.32 Å². The van der Waals surface area contributed by atoms with Crippen LogP contribution >= 0.6 is 27.5 Å². The highest BCUT2D eigenvalue weighted by Gasteiger charge is 2.35. The molecule has 0 saturated carbocycles. The first-order chi connectivity index (χ1) is 7.75. The minimum Gasteiger partial charge on any atom is -0.341 e. The summed E-state index contributed by atoms with van der Waals surface area (Å²) in [6.07, 6.45) is -4.61. The molecule has 0 saturated heterocycles. The van der Waals surface area contributed by atoms with E-state index in [1.165, 1.54) is 13.1 Å². The molecule has 0 aliphatic rings. The molecule has 0 radical (unpaired) electrons. The molecular formula is C9H7BrClF3N2O. The van der Waals surface area contributed by atoms with E-state index in [0.29, 0.717) is 0 Å². The summed E-state index contributed by atoms with van der Waals surface area (Å²) in [5.74, 6) is 0. The summed E-state index contributed by atoms with van der Waals surface area (Å²) in [6.45, 7) is 0. The molecule has 94 valence electrons. The number of urea groups is 1. The first-order valence-corrected chi connectivity index (χ1v) is 5.47. The molecule has 0 bridgehead atoms. The smallest absolute Gasteiger partial charge is 0.341 e. The molecule has 8 heteroatoms. The summed E-state index contributed by atoms with van der Waals surface area (Å²) in [5.41, 5.74) is -1.48. The zero-order valence-corrected chi connectivity index (χ0v) is 10.8. The normalized spacial score (nSPS) is 11.2. The van der Waals surface area contributed by atoms with Crippen LogP contribution in [0.3, 0.4) is 0 Å². The van der Waals surface area contributed by atoms with E-state index in [4.69, 9.17) is 11.6 Å². The zero-order valence-electron chi connectivity index (χ0n) is 8.45. The molecule has 0 aliphatic carbocycles. The van der Waals surface area contributed by atoms with Crippen molar-refractivity contribution < 1.29 is 18.0 Å². The van der Waals surface area contributed by atoms with Gasteiger partial charge in [-0.25, -0.2) is 4.79 Å². The van der Waals surface area contributed by atoms with E-state index < -0.39 is 23.5 Å². The van der Waals surface area contributed by atoms with Crippen molar-refractivity contribution in [3.63, 3.8) is 0 Å². The van der Waals surface area contributed by atoms with E-state index in [-0.39, 0.29) is 9.50 Å². The average Bonchev–Trinajstić information content (AvgIpc) is 2.19. The summed E-state index contributed by atoms with van der Waals surface area (Å²) >= 11 is 8.58. The third-order valence-electron chi connectivity index (χ3n) is 1.83. The van der Waals surface area contributed by atoms with Gasteiger partial charge < -0.3 is 10.6 Å². The second-order valence-electron chi connectivity index (χ2n) is 3.01. The molecule has 3 nitrogen and oxygen atoms in total. The number of alkyl halides is 3. The van der Waals surface area contributed by atoms with Gasteiger partial charge in [0.2, 0.25) is 0 Å². The highest BCUT2D eigenvalue weighted by molar-refractivity contribution is 9.10. The van der Waals surface area contributed by atoms with Crippen LogP contribution in [0, 0.1) is 0 Å². The number of hydrogen-bond donors (Lipinski definition) is 2. The Balaban J connectivity index is 3.31. The number of carbonyl (C=O) groups is 1. The Morgan fingerprint density at radius 3 is 2.47 bits per heavy atom. The molecular weight excluding hydrogens is 324 g/mol. The van der Waals surface area contributed by atoms with Gasteiger partial charge in [-0.3, -0.25) is 0 Å². The number of carbonyl (C=O) groups excluding carboxylic acids is 1. The molecule has 0 heterocycles. The minimum absolute atomic E-state index is 0.178. The van der Waals surface area contributed by atoms with Gasteiger partial charge in [0.15, 0.2) is 0 Å².